The summed E-state index contributed by atoms with van der Waals surface area (Å²) in [6.07, 6.45) is 0. The first-order valence-electron chi connectivity index (χ1n) is 6.99. The van der Waals surface area contributed by atoms with Crippen molar-refractivity contribution in [2.75, 3.05) is 11.9 Å². The highest BCUT2D eigenvalue weighted by atomic mass is 32.2. The number of hydrogen-bond acceptors (Lipinski definition) is 5. The number of anilines is 1. The van der Waals surface area contributed by atoms with E-state index in [1.54, 1.807) is 6.07 Å². The maximum atomic E-state index is 13.7. The summed E-state index contributed by atoms with van der Waals surface area (Å²) < 4.78 is 74.5. The summed E-state index contributed by atoms with van der Waals surface area (Å²) in [5.41, 5.74) is -6.37. The number of rotatable bonds is 5. The number of halogens is 4. The molecule has 2 rings (SSSR count). The van der Waals surface area contributed by atoms with E-state index in [9.17, 15) is 36.1 Å². The summed E-state index contributed by atoms with van der Waals surface area (Å²) in [7, 11) is -4.36. The molecule has 0 fully saturated rings. The van der Waals surface area contributed by atoms with Crippen molar-refractivity contribution in [3.05, 3.63) is 64.0 Å². The number of alkyl halides is 3. The Hall–Kier alpha value is -2.69. The lowest BCUT2D eigenvalue weighted by Gasteiger charge is -2.20. The zero-order valence-electron chi connectivity index (χ0n) is 13.2. The quantitative estimate of drug-likeness (QED) is 0.441. The van der Waals surface area contributed by atoms with Crippen LogP contribution in [0.5, 0.6) is 0 Å². The molecule has 0 saturated carbocycles. The van der Waals surface area contributed by atoms with Crippen molar-refractivity contribution >= 4 is 21.2 Å². The van der Waals surface area contributed by atoms with Crippen LogP contribution >= 0.6 is 0 Å². The van der Waals surface area contributed by atoms with E-state index in [4.69, 9.17) is 0 Å². The summed E-state index contributed by atoms with van der Waals surface area (Å²) in [6, 6.07) is 7.51. The second-order valence-corrected chi connectivity index (χ2v) is 7.25. The molecule has 0 spiro atoms. The predicted molar refractivity (Wildman–Crippen MR) is 84.8 cm³/mol. The topological polar surface area (TPSA) is 80.5 Å². The SMILES string of the molecule is CN(Cc1ccccc1F)c1ccc(S(=O)(=O)C(F)(F)F)cc1[N+](=O)[O-]. The highest BCUT2D eigenvalue weighted by molar-refractivity contribution is 7.92. The number of nitrogens with zero attached hydrogens (tertiary/aromatic N) is 2. The van der Waals surface area contributed by atoms with E-state index in [0.29, 0.717) is 12.1 Å². The fourth-order valence-corrected chi connectivity index (χ4v) is 3.02. The van der Waals surface area contributed by atoms with Crippen molar-refractivity contribution in [3.8, 4) is 0 Å². The van der Waals surface area contributed by atoms with Gasteiger partial charge in [0.15, 0.2) is 0 Å². The second-order valence-electron chi connectivity index (χ2n) is 5.30. The molecular formula is C15H12F4N2O4S. The molecule has 26 heavy (non-hydrogen) atoms. The van der Waals surface area contributed by atoms with Gasteiger partial charge in [-0.15, -0.1) is 0 Å². The van der Waals surface area contributed by atoms with Gasteiger partial charge in [0, 0.05) is 25.2 Å². The third-order valence-electron chi connectivity index (χ3n) is 3.54. The van der Waals surface area contributed by atoms with Crippen LogP contribution in [0.1, 0.15) is 5.56 Å². The van der Waals surface area contributed by atoms with Crippen molar-refractivity contribution in [2.24, 2.45) is 0 Å². The number of hydrogen-bond donors (Lipinski definition) is 0. The lowest BCUT2D eigenvalue weighted by atomic mass is 10.2. The standard InChI is InChI=1S/C15H12F4N2O4S/c1-20(9-10-4-2-3-5-12(10)16)13-7-6-11(8-14(13)21(22)23)26(24,25)15(17,18)19/h2-8H,9H2,1H3. The first-order valence-corrected chi connectivity index (χ1v) is 8.48. The monoisotopic (exact) mass is 392 g/mol. The molecule has 11 heteroatoms. The van der Waals surface area contributed by atoms with Crippen molar-refractivity contribution in [3.63, 3.8) is 0 Å². The Balaban J connectivity index is 2.47. The van der Waals surface area contributed by atoms with Crippen LogP contribution in [0.15, 0.2) is 47.4 Å². The number of nitro benzene ring substituents is 1. The maximum Gasteiger partial charge on any atom is 0.501 e. The molecule has 6 nitrogen and oxygen atoms in total. The lowest BCUT2D eigenvalue weighted by Crippen LogP contribution is -2.24. The Kier molecular flexibility index (Phi) is 5.21. The van der Waals surface area contributed by atoms with Gasteiger partial charge in [-0.05, 0) is 18.2 Å². The molecule has 2 aromatic carbocycles. The normalized spacial score (nSPS) is 12.0. The van der Waals surface area contributed by atoms with E-state index in [1.165, 1.54) is 30.1 Å². The highest BCUT2D eigenvalue weighted by Crippen LogP contribution is 2.36. The minimum atomic E-state index is -5.72. The highest BCUT2D eigenvalue weighted by Gasteiger charge is 2.47. The fraction of sp³-hybridized carbons (Fsp3) is 0.200. The molecule has 0 atom stereocenters. The minimum absolute atomic E-state index is 0.112. The van der Waals surface area contributed by atoms with Gasteiger partial charge in [0.25, 0.3) is 15.5 Å². The van der Waals surface area contributed by atoms with E-state index in [-0.39, 0.29) is 17.8 Å². The zero-order chi connectivity index (χ0) is 19.7. The molecule has 2 aromatic rings. The molecule has 0 amide bonds. The largest absolute Gasteiger partial charge is 0.501 e. The Morgan fingerprint density at radius 2 is 1.77 bits per heavy atom. The van der Waals surface area contributed by atoms with Gasteiger partial charge in [-0.2, -0.15) is 13.2 Å². The van der Waals surface area contributed by atoms with Gasteiger partial charge in [-0.3, -0.25) is 10.1 Å². The van der Waals surface area contributed by atoms with Crippen molar-refractivity contribution < 1.29 is 30.9 Å². The maximum absolute atomic E-state index is 13.7. The smallest absolute Gasteiger partial charge is 0.365 e. The summed E-state index contributed by atoms with van der Waals surface area (Å²) >= 11 is 0. The summed E-state index contributed by atoms with van der Waals surface area (Å²) in [5, 5.41) is 11.2. The molecule has 0 aliphatic heterocycles. The van der Waals surface area contributed by atoms with Gasteiger partial charge in [0.2, 0.25) is 0 Å². The van der Waals surface area contributed by atoms with E-state index in [0.717, 1.165) is 6.07 Å². The Bertz CT molecular complexity index is 945. The molecule has 0 aliphatic rings. The van der Waals surface area contributed by atoms with Gasteiger partial charge >= 0.3 is 5.51 Å². The van der Waals surface area contributed by atoms with Crippen LogP contribution in [0, 0.1) is 15.9 Å². The average molecular weight is 392 g/mol. The molecule has 0 heterocycles. The minimum Gasteiger partial charge on any atom is -0.365 e. The third kappa shape index (κ3) is 3.77. The van der Waals surface area contributed by atoms with Gasteiger partial charge in [0.05, 0.1) is 9.82 Å². The van der Waals surface area contributed by atoms with Crippen LogP contribution in [-0.2, 0) is 16.4 Å². The number of nitro groups is 1. The third-order valence-corrected chi connectivity index (χ3v) is 5.02. The van der Waals surface area contributed by atoms with E-state index >= 15 is 0 Å². The first kappa shape index (κ1) is 19.6. The zero-order valence-corrected chi connectivity index (χ0v) is 14.0. The van der Waals surface area contributed by atoms with Crippen LogP contribution in [0.2, 0.25) is 0 Å². The first-order chi connectivity index (χ1) is 11.9. The van der Waals surface area contributed by atoms with E-state index < -0.39 is 36.7 Å². The molecule has 0 aliphatic carbocycles. The number of sulfone groups is 1. The lowest BCUT2D eigenvalue weighted by molar-refractivity contribution is -0.384. The van der Waals surface area contributed by atoms with Crippen LogP contribution < -0.4 is 4.90 Å². The molecule has 0 saturated heterocycles. The summed E-state index contributed by atoms with van der Waals surface area (Å²) in [5.74, 6) is -0.557. The molecule has 0 radical (unpaired) electrons. The Morgan fingerprint density at radius 1 is 1.15 bits per heavy atom. The van der Waals surface area contributed by atoms with Crippen LogP contribution in [0.3, 0.4) is 0 Å². The van der Waals surface area contributed by atoms with E-state index in [1.807, 2.05) is 0 Å². The average Bonchev–Trinajstić information content (AvgIpc) is 2.55. The Labute approximate surface area is 145 Å². The van der Waals surface area contributed by atoms with Crippen LogP contribution in [-0.4, -0.2) is 25.9 Å². The molecular weight excluding hydrogens is 380 g/mol. The molecule has 0 unspecified atom stereocenters. The summed E-state index contributed by atoms with van der Waals surface area (Å²) in [4.78, 5) is 10.2. The van der Waals surface area contributed by atoms with E-state index in [2.05, 4.69) is 0 Å². The summed E-state index contributed by atoms with van der Waals surface area (Å²) in [6.45, 7) is -0.112. The van der Waals surface area contributed by atoms with Gasteiger partial charge in [0.1, 0.15) is 11.5 Å². The molecule has 140 valence electrons. The fourth-order valence-electron chi connectivity index (χ4n) is 2.24. The van der Waals surface area contributed by atoms with Gasteiger partial charge in [-0.25, -0.2) is 12.8 Å². The predicted octanol–water partition coefficient (Wildman–Crippen LogP) is 3.66. The van der Waals surface area contributed by atoms with Crippen molar-refractivity contribution in [2.45, 2.75) is 16.9 Å². The van der Waals surface area contributed by atoms with Gasteiger partial charge in [-0.1, -0.05) is 18.2 Å². The molecule has 0 bridgehead atoms. The van der Waals surface area contributed by atoms with Gasteiger partial charge < -0.3 is 4.90 Å². The second kappa shape index (κ2) is 6.90. The van der Waals surface area contributed by atoms with Crippen molar-refractivity contribution in [1.82, 2.24) is 0 Å². The van der Waals surface area contributed by atoms with Crippen LogP contribution in [0.25, 0.3) is 0 Å². The Morgan fingerprint density at radius 3 is 2.31 bits per heavy atom. The van der Waals surface area contributed by atoms with Crippen LogP contribution in [0.4, 0.5) is 28.9 Å². The molecule has 0 N–H and O–H groups in total. The molecule has 0 aromatic heterocycles. The van der Waals surface area contributed by atoms with Crippen molar-refractivity contribution in [1.29, 1.82) is 0 Å². The number of benzene rings is 2.